The van der Waals surface area contributed by atoms with Gasteiger partial charge in [-0.25, -0.2) is 0 Å². The first-order valence-corrected chi connectivity index (χ1v) is 8.60. The maximum absolute atomic E-state index is 13.0. The fourth-order valence-electron chi connectivity index (χ4n) is 3.54. The molecule has 2 aromatic rings. The number of nitrogens with zero attached hydrogens (tertiary/aromatic N) is 3. The summed E-state index contributed by atoms with van der Waals surface area (Å²) < 4.78 is 0. The van der Waals surface area contributed by atoms with Gasteiger partial charge < -0.3 is 10.0 Å². The summed E-state index contributed by atoms with van der Waals surface area (Å²) >= 11 is 0. The van der Waals surface area contributed by atoms with Crippen molar-refractivity contribution in [3.63, 3.8) is 0 Å². The highest BCUT2D eigenvalue weighted by Gasteiger charge is 2.39. The molecule has 2 heterocycles. The highest BCUT2D eigenvalue weighted by molar-refractivity contribution is 6.04. The molecule has 1 aliphatic rings. The SMILES string of the molecule is CC(C)C[C@@H]1CN(C(=O)c2cccc3nccnc23)CC[C@]1(C)O. The van der Waals surface area contributed by atoms with Crippen LogP contribution in [-0.4, -0.2) is 44.6 Å². The van der Waals surface area contributed by atoms with E-state index in [9.17, 15) is 9.90 Å². The minimum Gasteiger partial charge on any atom is -0.390 e. The molecule has 128 valence electrons. The van der Waals surface area contributed by atoms with Gasteiger partial charge in [-0.15, -0.1) is 0 Å². The molecular weight excluding hydrogens is 302 g/mol. The number of para-hydroxylation sites is 1. The number of carbonyl (C=O) groups is 1. The Bertz CT molecular complexity index is 737. The number of carbonyl (C=O) groups excluding carboxylic acids is 1. The molecule has 5 heteroatoms. The summed E-state index contributed by atoms with van der Waals surface area (Å²) in [5.41, 5.74) is 1.25. The van der Waals surface area contributed by atoms with Gasteiger partial charge >= 0.3 is 0 Å². The summed E-state index contributed by atoms with van der Waals surface area (Å²) in [6.45, 7) is 7.34. The third kappa shape index (κ3) is 3.26. The number of aromatic nitrogens is 2. The number of likely N-dealkylation sites (tertiary alicyclic amines) is 1. The number of benzene rings is 1. The lowest BCUT2D eigenvalue weighted by Gasteiger charge is -2.43. The maximum Gasteiger partial charge on any atom is 0.256 e. The summed E-state index contributed by atoms with van der Waals surface area (Å²) in [4.78, 5) is 23.5. The molecule has 1 aromatic carbocycles. The van der Waals surface area contributed by atoms with E-state index < -0.39 is 5.60 Å². The van der Waals surface area contributed by atoms with Crippen LogP contribution >= 0.6 is 0 Å². The van der Waals surface area contributed by atoms with Crippen molar-refractivity contribution in [2.24, 2.45) is 11.8 Å². The first-order valence-electron chi connectivity index (χ1n) is 8.60. The van der Waals surface area contributed by atoms with Gasteiger partial charge in [-0.2, -0.15) is 0 Å². The number of amides is 1. The van der Waals surface area contributed by atoms with E-state index in [4.69, 9.17) is 0 Å². The Hall–Kier alpha value is -2.01. The average Bonchev–Trinajstić information content (AvgIpc) is 2.55. The highest BCUT2D eigenvalue weighted by Crippen LogP contribution is 2.33. The molecule has 0 bridgehead atoms. The third-order valence-corrected chi connectivity index (χ3v) is 4.98. The van der Waals surface area contributed by atoms with E-state index >= 15 is 0 Å². The van der Waals surface area contributed by atoms with Crippen LogP contribution in [0.15, 0.2) is 30.6 Å². The molecule has 1 N–H and O–H groups in total. The van der Waals surface area contributed by atoms with E-state index in [2.05, 4.69) is 23.8 Å². The van der Waals surface area contributed by atoms with Crippen LogP contribution in [0.5, 0.6) is 0 Å². The molecule has 1 amide bonds. The fraction of sp³-hybridized carbons (Fsp3) is 0.526. The minimum absolute atomic E-state index is 0.0228. The lowest BCUT2D eigenvalue weighted by atomic mass is 9.78. The van der Waals surface area contributed by atoms with Crippen LogP contribution in [0.25, 0.3) is 11.0 Å². The van der Waals surface area contributed by atoms with E-state index in [1.54, 1.807) is 12.4 Å². The quantitative estimate of drug-likeness (QED) is 0.941. The monoisotopic (exact) mass is 327 g/mol. The van der Waals surface area contributed by atoms with Crippen molar-refractivity contribution in [1.82, 2.24) is 14.9 Å². The molecule has 1 aliphatic heterocycles. The zero-order valence-electron chi connectivity index (χ0n) is 14.6. The van der Waals surface area contributed by atoms with Crippen LogP contribution in [0.2, 0.25) is 0 Å². The van der Waals surface area contributed by atoms with Gasteiger partial charge in [0.15, 0.2) is 0 Å². The highest BCUT2D eigenvalue weighted by atomic mass is 16.3. The summed E-state index contributed by atoms with van der Waals surface area (Å²) in [5.74, 6) is 0.557. The number of fused-ring (bicyclic) bond motifs is 1. The van der Waals surface area contributed by atoms with Crippen LogP contribution < -0.4 is 0 Å². The zero-order chi connectivity index (χ0) is 17.3. The van der Waals surface area contributed by atoms with Crippen molar-refractivity contribution in [3.8, 4) is 0 Å². The summed E-state index contributed by atoms with van der Waals surface area (Å²) in [7, 11) is 0. The second-order valence-corrected chi connectivity index (χ2v) is 7.41. The van der Waals surface area contributed by atoms with Crippen LogP contribution in [0.4, 0.5) is 0 Å². The van der Waals surface area contributed by atoms with Gasteiger partial charge in [0, 0.05) is 31.4 Å². The second-order valence-electron chi connectivity index (χ2n) is 7.41. The molecule has 3 rings (SSSR count). The van der Waals surface area contributed by atoms with Gasteiger partial charge in [0.25, 0.3) is 5.91 Å². The van der Waals surface area contributed by atoms with Gasteiger partial charge in [-0.1, -0.05) is 19.9 Å². The molecule has 0 spiro atoms. The van der Waals surface area contributed by atoms with Crippen LogP contribution in [0.3, 0.4) is 0 Å². The van der Waals surface area contributed by atoms with Gasteiger partial charge in [0.2, 0.25) is 0 Å². The Morgan fingerprint density at radius 3 is 2.88 bits per heavy atom. The summed E-state index contributed by atoms with van der Waals surface area (Å²) in [5, 5.41) is 10.7. The van der Waals surface area contributed by atoms with Crippen molar-refractivity contribution in [2.45, 2.75) is 39.2 Å². The van der Waals surface area contributed by atoms with Crippen LogP contribution in [0, 0.1) is 11.8 Å². The topological polar surface area (TPSA) is 66.3 Å². The molecular formula is C19H25N3O2. The Labute approximate surface area is 142 Å². The Morgan fingerprint density at radius 1 is 1.38 bits per heavy atom. The fourth-order valence-corrected chi connectivity index (χ4v) is 3.54. The van der Waals surface area contributed by atoms with Crippen molar-refractivity contribution in [2.75, 3.05) is 13.1 Å². The van der Waals surface area contributed by atoms with Crippen molar-refractivity contribution in [3.05, 3.63) is 36.2 Å². The van der Waals surface area contributed by atoms with Crippen molar-refractivity contribution < 1.29 is 9.90 Å². The first kappa shape index (κ1) is 16.8. The molecule has 0 aliphatic carbocycles. The summed E-state index contributed by atoms with van der Waals surface area (Å²) in [6.07, 6.45) is 4.76. The first-order chi connectivity index (χ1) is 11.4. The Balaban J connectivity index is 1.87. The molecule has 5 nitrogen and oxygen atoms in total. The number of hydrogen-bond acceptors (Lipinski definition) is 4. The van der Waals surface area contributed by atoms with Crippen LogP contribution in [-0.2, 0) is 0 Å². The lowest BCUT2D eigenvalue weighted by Crippen LogP contribution is -2.52. The molecule has 1 fully saturated rings. The normalized spacial score (nSPS) is 24.5. The zero-order valence-corrected chi connectivity index (χ0v) is 14.6. The van der Waals surface area contributed by atoms with Gasteiger partial charge in [0.05, 0.1) is 16.7 Å². The maximum atomic E-state index is 13.0. The van der Waals surface area contributed by atoms with E-state index in [1.165, 1.54) is 0 Å². The second kappa shape index (κ2) is 6.48. The standard InChI is InChI=1S/C19H25N3O2/c1-13(2)11-14-12-22(10-7-19(14,3)24)18(23)15-5-4-6-16-17(15)21-9-8-20-16/h4-6,8-9,13-14,24H,7,10-12H2,1-3H3/t14-,19+/m1/s1. The Morgan fingerprint density at radius 2 is 2.12 bits per heavy atom. The van der Waals surface area contributed by atoms with E-state index in [0.29, 0.717) is 36.5 Å². The van der Waals surface area contributed by atoms with E-state index in [0.717, 1.165) is 11.9 Å². The van der Waals surface area contributed by atoms with Gasteiger partial charge in [0.1, 0.15) is 5.52 Å². The lowest BCUT2D eigenvalue weighted by molar-refractivity contribution is -0.0576. The Kier molecular flexibility index (Phi) is 4.54. The number of rotatable bonds is 3. The third-order valence-electron chi connectivity index (χ3n) is 4.98. The number of piperidine rings is 1. The summed E-state index contributed by atoms with van der Waals surface area (Å²) in [6, 6.07) is 5.52. The molecule has 0 saturated carbocycles. The van der Waals surface area contributed by atoms with Crippen LogP contribution in [0.1, 0.15) is 44.0 Å². The molecule has 1 saturated heterocycles. The molecule has 2 atom stereocenters. The predicted octanol–water partition coefficient (Wildman–Crippen LogP) is 2.89. The van der Waals surface area contributed by atoms with Crippen molar-refractivity contribution in [1.29, 1.82) is 0 Å². The van der Waals surface area contributed by atoms with E-state index in [-0.39, 0.29) is 11.8 Å². The van der Waals surface area contributed by atoms with Gasteiger partial charge in [-0.05, 0) is 37.8 Å². The van der Waals surface area contributed by atoms with Crippen molar-refractivity contribution >= 4 is 16.9 Å². The minimum atomic E-state index is -0.709. The molecule has 1 aromatic heterocycles. The smallest absolute Gasteiger partial charge is 0.256 e. The largest absolute Gasteiger partial charge is 0.390 e. The molecule has 0 unspecified atom stereocenters. The molecule has 0 radical (unpaired) electrons. The molecule has 24 heavy (non-hydrogen) atoms. The number of hydrogen-bond donors (Lipinski definition) is 1. The predicted molar refractivity (Wildman–Crippen MR) is 93.6 cm³/mol. The van der Waals surface area contributed by atoms with Gasteiger partial charge in [-0.3, -0.25) is 14.8 Å². The average molecular weight is 327 g/mol. The van der Waals surface area contributed by atoms with E-state index in [1.807, 2.05) is 30.0 Å². The number of aliphatic hydroxyl groups is 1.